The first kappa shape index (κ1) is 12.9. The SMILES string of the molecule is C=C(C)/C=C(/F)C(=C)N(C)CCOC. The maximum absolute atomic E-state index is 13.3. The van der Waals surface area contributed by atoms with Crippen molar-refractivity contribution < 1.29 is 9.13 Å². The summed E-state index contributed by atoms with van der Waals surface area (Å²) >= 11 is 0. The van der Waals surface area contributed by atoms with Gasteiger partial charge in [0.2, 0.25) is 0 Å². The minimum absolute atomic E-state index is 0.351. The minimum Gasteiger partial charge on any atom is -0.383 e. The van der Waals surface area contributed by atoms with Gasteiger partial charge < -0.3 is 9.64 Å². The van der Waals surface area contributed by atoms with Crippen LogP contribution >= 0.6 is 0 Å². The van der Waals surface area contributed by atoms with Crippen LogP contribution in [0.15, 0.2) is 36.3 Å². The van der Waals surface area contributed by atoms with Crippen molar-refractivity contribution in [1.82, 2.24) is 4.90 Å². The molecule has 0 aliphatic rings. The van der Waals surface area contributed by atoms with Crippen LogP contribution in [0.4, 0.5) is 4.39 Å². The number of methoxy groups -OCH3 is 1. The average Bonchev–Trinajstić information content (AvgIpc) is 2.11. The predicted molar refractivity (Wildman–Crippen MR) is 57.7 cm³/mol. The summed E-state index contributed by atoms with van der Waals surface area (Å²) in [6.45, 7) is 10.2. The summed E-state index contributed by atoms with van der Waals surface area (Å²) in [4.78, 5) is 1.71. The molecule has 0 amide bonds. The zero-order valence-electron chi connectivity index (χ0n) is 9.14. The number of nitrogens with zero attached hydrogens (tertiary/aromatic N) is 1. The van der Waals surface area contributed by atoms with E-state index in [-0.39, 0.29) is 5.83 Å². The van der Waals surface area contributed by atoms with Crippen LogP contribution in [0.25, 0.3) is 0 Å². The summed E-state index contributed by atoms with van der Waals surface area (Å²) in [5.41, 5.74) is 1.02. The molecule has 14 heavy (non-hydrogen) atoms. The molecule has 0 heterocycles. The minimum atomic E-state index is -0.351. The van der Waals surface area contributed by atoms with E-state index >= 15 is 0 Å². The van der Waals surface area contributed by atoms with Crippen LogP contribution in [0.1, 0.15) is 6.92 Å². The van der Waals surface area contributed by atoms with Gasteiger partial charge in [0.15, 0.2) is 0 Å². The Morgan fingerprint density at radius 2 is 2.07 bits per heavy atom. The van der Waals surface area contributed by atoms with Gasteiger partial charge in [-0.2, -0.15) is 0 Å². The van der Waals surface area contributed by atoms with Crippen LogP contribution in [0.5, 0.6) is 0 Å². The molecule has 0 unspecified atom stereocenters. The van der Waals surface area contributed by atoms with Gasteiger partial charge in [0, 0.05) is 20.7 Å². The number of hydrogen-bond donors (Lipinski definition) is 0. The van der Waals surface area contributed by atoms with Crippen molar-refractivity contribution in [3.05, 3.63) is 36.3 Å². The number of allylic oxidation sites excluding steroid dienone is 3. The molecule has 0 fully saturated rings. The van der Waals surface area contributed by atoms with Crippen LogP contribution in [-0.2, 0) is 4.74 Å². The second-order valence-electron chi connectivity index (χ2n) is 3.20. The van der Waals surface area contributed by atoms with Crippen molar-refractivity contribution in [3.63, 3.8) is 0 Å². The number of rotatable bonds is 6. The van der Waals surface area contributed by atoms with Gasteiger partial charge >= 0.3 is 0 Å². The highest BCUT2D eigenvalue weighted by atomic mass is 19.1. The molecule has 0 spiro atoms. The highest BCUT2D eigenvalue weighted by molar-refractivity contribution is 5.27. The number of ether oxygens (including phenoxy) is 1. The summed E-state index contributed by atoms with van der Waals surface area (Å²) in [5.74, 6) is -0.351. The standard InChI is InChI=1S/C11H18FNO/c1-9(2)8-11(12)10(3)13(4)6-7-14-5/h8H,1,3,6-7H2,2,4-5H3/b11-8+. The molecule has 0 aromatic carbocycles. The highest BCUT2D eigenvalue weighted by Gasteiger charge is 2.06. The van der Waals surface area contributed by atoms with E-state index in [9.17, 15) is 4.39 Å². The van der Waals surface area contributed by atoms with Gasteiger partial charge in [-0.3, -0.25) is 0 Å². The second-order valence-corrected chi connectivity index (χ2v) is 3.20. The number of hydrogen-bond acceptors (Lipinski definition) is 2. The fourth-order valence-corrected chi connectivity index (χ4v) is 0.845. The Morgan fingerprint density at radius 1 is 1.50 bits per heavy atom. The summed E-state index contributed by atoms with van der Waals surface area (Å²) in [6.07, 6.45) is 1.37. The van der Waals surface area contributed by atoms with Crippen LogP contribution in [-0.4, -0.2) is 32.2 Å². The van der Waals surface area contributed by atoms with Gasteiger partial charge in [-0.15, -0.1) is 0 Å². The molecular weight excluding hydrogens is 181 g/mol. The Bertz CT molecular complexity index is 246. The molecule has 0 saturated heterocycles. The van der Waals surface area contributed by atoms with E-state index in [0.29, 0.717) is 24.4 Å². The summed E-state index contributed by atoms with van der Waals surface area (Å²) in [5, 5.41) is 0. The molecular formula is C11H18FNO. The number of likely N-dealkylation sites (N-methyl/N-ethyl adjacent to an activating group) is 1. The second kappa shape index (κ2) is 6.38. The normalized spacial score (nSPS) is 11.3. The van der Waals surface area contributed by atoms with Crippen molar-refractivity contribution in [3.8, 4) is 0 Å². The van der Waals surface area contributed by atoms with Gasteiger partial charge in [-0.05, 0) is 13.0 Å². The molecule has 0 radical (unpaired) electrons. The van der Waals surface area contributed by atoms with Crippen molar-refractivity contribution in [2.24, 2.45) is 0 Å². The van der Waals surface area contributed by atoms with Crippen molar-refractivity contribution >= 4 is 0 Å². The van der Waals surface area contributed by atoms with E-state index in [4.69, 9.17) is 4.74 Å². The van der Waals surface area contributed by atoms with Gasteiger partial charge in [0.25, 0.3) is 0 Å². The first-order valence-corrected chi connectivity index (χ1v) is 4.41. The maximum Gasteiger partial charge on any atom is 0.146 e. The van der Waals surface area contributed by atoms with Crippen LogP contribution < -0.4 is 0 Å². The Morgan fingerprint density at radius 3 is 2.50 bits per heavy atom. The molecule has 0 aliphatic carbocycles. The lowest BCUT2D eigenvalue weighted by molar-refractivity contribution is 0.173. The van der Waals surface area contributed by atoms with Gasteiger partial charge in [0.1, 0.15) is 5.83 Å². The third kappa shape index (κ3) is 4.82. The Kier molecular flexibility index (Phi) is 5.88. The zero-order chi connectivity index (χ0) is 11.1. The molecule has 80 valence electrons. The summed E-state index contributed by atoms with van der Waals surface area (Å²) in [7, 11) is 3.38. The van der Waals surface area contributed by atoms with Crippen LogP contribution in [0.3, 0.4) is 0 Å². The molecule has 0 aromatic heterocycles. The summed E-state index contributed by atoms with van der Waals surface area (Å²) < 4.78 is 18.2. The highest BCUT2D eigenvalue weighted by Crippen LogP contribution is 2.14. The molecule has 0 atom stereocenters. The molecule has 0 rings (SSSR count). The monoisotopic (exact) mass is 199 g/mol. The Balaban J connectivity index is 4.24. The van der Waals surface area contributed by atoms with Crippen molar-refractivity contribution in [2.75, 3.05) is 27.3 Å². The first-order chi connectivity index (χ1) is 6.49. The molecule has 3 heteroatoms. The number of halogens is 1. The van der Waals surface area contributed by atoms with E-state index < -0.39 is 0 Å². The fraction of sp³-hybridized carbons (Fsp3) is 0.455. The maximum atomic E-state index is 13.3. The third-order valence-corrected chi connectivity index (χ3v) is 1.74. The van der Waals surface area contributed by atoms with Gasteiger partial charge in [0.05, 0.1) is 12.3 Å². The van der Waals surface area contributed by atoms with E-state index in [1.807, 2.05) is 0 Å². The smallest absolute Gasteiger partial charge is 0.146 e. The fourth-order valence-electron chi connectivity index (χ4n) is 0.845. The zero-order valence-corrected chi connectivity index (χ0v) is 9.14. The molecule has 0 bridgehead atoms. The first-order valence-electron chi connectivity index (χ1n) is 4.41. The lowest BCUT2D eigenvalue weighted by atomic mass is 10.2. The lowest BCUT2D eigenvalue weighted by Gasteiger charge is -2.19. The van der Waals surface area contributed by atoms with E-state index in [1.165, 1.54) is 6.08 Å². The lowest BCUT2D eigenvalue weighted by Crippen LogP contribution is -2.22. The Hall–Kier alpha value is -1.09. The van der Waals surface area contributed by atoms with Crippen LogP contribution in [0.2, 0.25) is 0 Å². The van der Waals surface area contributed by atoms with E-state index in [2.05, 4.69) is 13.2 Å². The molecule has 0 N–H and O–H groups in total. The van der Waals surface area contributed by atoms with Gasteiger partial charge in [-0.1, -0.05) is 18.7 Å². The van der Waals surface area contributed by atoms with Gasteiger partial charge in [-0.25, -0.2) is 4.39 Å². The Labute approximate surface area is 85.4 Å². The third-order valence-electron chi connectivity index (χ3n) is 1.74. The van der Waals surface area contributed by atoms with E-state index in [0.717, 1.165) is 0 Å². The predicted octanol–water partition coefficient (Wildman–Crippen LogP) is 2.51. The molecule has 2 nitrogen and oxygen atoms in total. The molecule has 0 aromatic rings. The largest absolute Gasteiger partial charge is 0.383 e. The van der Waals surface area contributed by atoms with Crippen molar-refractivity contribution in [2.45, 2.75) is 6.92 Å². The summed E-state index contributed by atoms with van der Waals surface area (Å²) in [6, 6.07) is 0. The quantitative estimate of drug-likeness (QED) is 0.609. The average molecular weight is 199 g/mol. The molecule has 0 aliphatic heterocycles. The topological polar surface area (TPSA) is 12.5 Å². The van der Waals surface area contributed by atoms with E-state index in [1.54, 1.807) is 26.0 Å². The molecule has 0 saturated carbocycles. The van der Waals surface area contributed by atoms with Crippen LogP contribution in [0, 0.1) is 0 Å². The van der Waals surface area contributed by atoms with Crippen molar-refractivity contribution in [1.29, 1.82) is 0 Å².